The van der Waals surface area contributed by atoms with Crippen LogP contribution in [0.25, 0.3) is 5.76 Å². The van der Waals surface area contributed by atoms with Crippen molar-refractivity contribution in [1.82, 2.24) is 4.90 Å². The Morgan fingerprint density at radius 1 is 1.06 bits per heavy atom. The van der Waals surface area contributed by atoms with Gasteiger partial charge in [-0.2, -0.15) is 0 Å². The average molecular weight is 458 g/mol. The van der Waals surface area contributed by atoms with E-state index in [1.165, 1.54) is 22.3 Å². The maximum absolute atomic E-state index is 13.3. The highest BCUT2D eigenvalue weighted by molar-refractivity contribution is 6.46. The van der Waals surface area contributed by atoms with E-state index >= 15 is 0 Å². The van der Waals surface area contributed by atoms with Crippen molar-refractivity contribution in [3.63, 3.8) is 0 Å². The first-order valence-corrected chi connectivity index (χ1v) is 11.7. The van der Waals surface area contributed by atoms with Crippen molar-refractivity contribution >= 4 is 17.4 Å². The molecule has 2 heterocycles. The first-order valence-electron chi connectivity index (χ1n) is 11.7. The molecule has 3 aromatic rings. The average Bonchev–Trinajstić information content (AvgIpc) is 3.46. The molecule has 2 aliphatic rings. The lowest BCUT2D eigenvalue weighted by atomic mass is 9.88. The van der Waals surface area contributed by atoms with Crippen molar-refractivity contribution in [3.8, 4) is 5.75 Å². The van der Waals surface area contributed by atoms with E-state index in [0.717, 1.165) is 25.7 Å². The Bertz CT molecular complexity index is 1260. The second-order valence-corrected chi connectivity index (χ2v) is 8.70. The molecule has 0 spiro atoms. The zero-order valence-electron chi connectivity index (χ0n) is 19.1. The van der Waals surface area contributed by atoms with E-state index in [9.17, 15) is 14.7 Å². The van der Waals surface area contributed by atoms with Crippen molar-refractivity contribution in [2.24, 2.45) is 0 Å². The van der Waals surface area contributed by atoms with Gasteiger partial charge in [-0.1, -0.05) is 24.3 Å². The van der Waals surface area contributed by atoms with Crippen LogP contribution >= 0.6 is 0 Å². The summed E-state index contributed by atoms with van der Waals surface area (Å²) in [5.74, 6) is -0.323. The van der Waals surface area contributed by atoms with Crippen LogP contribution in [0.3, 0.4) is 0 Å². The molecule has 2 aromatic carbocycles. The monoisotopic (exact) mass is 457 g/mol. The van der Waals surface area contributed by atoms with Crippen LogP contribution in [0.4, 0.5) is 0 Å². The van der Waals surface area contributed by atoms with Crippen molar-refractivity contribution in [2.45, 2.75) is 45.2 Å². The number of likely N-dealkylation sites (tertiary alicyclic amines) is 1. The summed E-state index contributed by atoms with van der Waals surface area (Å²) >= 11 is 0. The lowest BCUT2D eigenvalue weighted by Crippen LogP contribution is -2.29. The molecule has 1 aliphatic carbocycles. The molecule has 6 nitrogen and oxygen atoms in total. The van der Waals surface area contributed by atoms with Gasteiger partial charge in [-0.3, -0.25) is 9.59 Å². The standard InChI is InChI=1S/C28H27NO5/c1-2-33-22-10-5-9-20(16-22)25-24(27(31)28(32)29(25)17-23-11-6-14-34-23)26(30)21-13-12-18-7-3-4-8-19(18)15-21/h5-6,9-16,25,30H,2-4,7-8,17H2,1H3/b26-24-. The molecule has 1 fully saturated rings. The quantitative estimate of drug-likeness (QED) is 0.313. The van der Waals surface area contributed by atoms with Gasteiger partial charge in [-0.15, -0.1) is 0 Å². The third kappa shape index (κ3) is 4.00. The summed E-state index contributed by atoms with van der Waals surface area (Å²) in [7, 11) is 0. The normalized spacial score (nSPS) is 19.3. The number of aryl methyl sites for hydroxylation is 2. The van der Waals surface area contributed by atoms with Crippen molar-refractivity contribution in [3.05, 3.63) is 94.4 Å². The predicted molar refractivity (Wildman–Crippen MR) is 127 cm³/mol. The molecule has 0 saturated carbocycles. The van der Waals surface area contributed by atoms with Crippen LogP contribution in [0, 0.1) is 0 Å². The van der Waals surface area contributed by atoms with Gasteiger partial charge in [0.15, 0.2) is 0 Å². The molecule has 1 unspecified atom stereocenters. The van der Waals surface area contributed by atoms with Crippen LogP contribution in [0.5, 0.6) is 5.75 Å². The molecule has 1 aliphatic heterocycles. The van der Waals surface area contributed by atoms with Gasteiger partial charge in [0, 0.05) is 5.56 Å². The fraction of sp³-hybridized carbons (Fsp3) is 0.286. The largest absolute Gasteiger partial charge is 0.507 e. The minimum atomic E-state index is -0.762. The number of carbonyl (C=O) groups is 2. The van der Waals surface area contributed by atoms with Crippen LogP contribution in [-0.2, 0) is 29.0 Å². The molecule has 5 rings (SSSR count). The Morgan fingerprint density at radius 3 is 2.65 bits per heavy atom. The van der Waals surface area contributed by atoms with Gasteiger partial charge >= 0.3 is 0 Å². The van der Waals surface area contributed by atoms with Gasteiger partial charge in [0.2, 0.25) is 0 Å². The van der Waals surface area contributed by atoms with Crippen molar-refractivity contribution in [1.29, 1.82) is 0 Å². The molecule has 1 saturated heterocycles. The highest BCUT2D eigenvalue weighted by Crippen LogP contribution is 2.41. The number of carbonyl (C=O) groups excluding carboxylic acids is 2. The molecule has 1 amide bonds. The predicted octanol–water partition coefficient (Wildman–Crippen LogP) is 5.18. The lowest BCUT2D eigenvalue weighted by Gasteiger charge is -2.25. The fourth-order valence-corrected chi connectivity index (χ4v) is 4.94. The summed E-state index contributed by atoms with van der Waals surface area (Å²) in [5, 5.41) is 11.4. The van der Waals surface area contributed by atoms with E-state index in [2.05, 4.69) is 0 Å². The maximum Gasteiger partial charge on any atom is 0.296 e. The zero-order valence-corrected chi connectivity index (χ0v) is 19.1. The smallest absolute Gasteiger partial charge is 0.296 e. The number of ether oxygens (including phenoxy) is 1. The molecule has 1 atom stereocenters. The number of ketones is 1. The number of amides is 1. The number of aliphatic hydroxyl groups excluding tert-OH is 1. The Morgan fingerprint density at radius 2 is 1.88 bits per heavy atom. The Balaban J connectivity index is 1.63. The summed E-state index contributed by atoms with van der Waals surface area (Å²) < 4.78 is 11.1. The first-order chi connectivity index (χ1) is 16.6. The van der Waals surface area contributed by atoms with E-state index in [-0.39, 0.29) is 17.9 Å². The number of benzene rings is 2. The van der Waals surface area contributed by atoms with Crippen molar-refractivity contribution in [2.75, 3.05) is 6.61 Å². The maximum atomic E-state index is 13.3. The third-order valence-electron chi connectivity index (χ3n) is 6.55. The number of rotatable bonds is 6. The van der Waals surface area contributed by atoms with Gasteiger partial charge in [-0.05, 0) is 79.6 Å². The topological polar surface area (TPSA) is 80.0 Å². The number of furan rings is 1. The Hall–Kier alpha value is -3.80. The molecular formula is C28H27NO5. The van der Waals surface area contributed by atoms with Gasteiger partial charge in [-0.25, -0.2) is 0 Å². The van der Waals surface area contributed by atoms with Crippen LogP contribution in [0.2, 0.25) is 0 Å². The van der Waals surface area contributed by atoms with Crippen LogP contribution in [0.1, 0.15) is 53.8 Å². The van der Waals surface area contributed by atoms with E-state index in [4.69, 9.17) is 9.15 Å². The van der Waals surface area contributed by atoms with Gasteiger partial charge in [0.1, 0.15) is 17.3 Å². The lowest BCUT2D eigenvalue weighted by molar-refractivity contribution is -0.140. The molecule has 174 valence electrons. The second kappa shape index (κ2) is 9.21. The van der Waals surface area contributed by atoms with Crippen LogP contribution < -0.4 is 4.74 Å². The Labute approximate surface area is 198 Å². The van der Waals surface area contributed by atoms with Crippen LogP contribution in [-0.4, -0.2) is 28.3 Å². The zero-order chi connectivity index (χ0) is 23.7. The number of aliphatic hydroxyl groups is 1. The molecular weight excluding hydrogens is 430 g/mol. The number of hydrogen-bond acceptors (Lipinski definition) is 5. The molecule has 0 bridgehead atoms. The van der Waals surface area contributed by atoms with Gasteiger partial charge < -0.3 is 19.2 Å². The minimum absolute atomic E-state index is 0.0842. The first kappa shape index (κ1) is 22.0. The number of nitrogens with zero attached hydrogens (tertiary/aromatic N) is 1. The highest BCUT2D eigenvalue weighted by Gasteiger charge is 2.46. The SMILES string of the molecule is CCOc1cccc(C2/C(=C(/O)c3ccc4c(c3)CCCC4)C(=O)C(=O)N2Cc2ccco2)c1. The highest BCUT2D eigenvalue weighted by atomic mass is 16.5. The summed E-state index contributed by atoms with van der Waals surface area (Å²) in [4.78, 5) is 27.9. The number of hydrogen-bond donors (Lipinski definition) is 1. The van der Waals surface area contributed by atoms with Crippen molar-refractivity contribution < 1.29 is 23.8 Å². The number of fused-ring (bicyclic) bond motifs is 1. The Kier molecular flexibility index (Phi) is 5.97. The van der Waals surface area contributed by atoms with E-state index < -0.39 is 17.7 Å². The molecule has 34 heavy (non-hydrogen) atoms. The summed E-state index contributed by atoms with van der Waals surface area (Å²) in [6.45, 7) is 2.50. The third-order valence-corrected chi connectivity index (χ3v) is 6.55. The molecule has 1 N–H and O–H groups in total. The summed E-state index contributed by atoms with van der Waals surface area (Å²) in [6, 6.07) is 15.9. The second-order valence-electron chi connectivity index (χ2n) is 8.70. The number of Topliss-reactive ketones (excluding diaryl/α,β-unsaturated/α-hetero) is 1. The summed E-state index contributed by atoms with van der Waals surface area (Å²) in [5.41, 5.74) is 3.80. The molecule has 1 aromatic heterocycles. The molecule has 0 radical (unpaired) electrons. The fourth-order valence-electron chi connectivity index (χ4n) is 4.94. The van der Waals surface area contributed by atoms with Gasteiger partial charge in [0.05, 0.1) is 31.0 Å². The van der Waals surface area contributed by atoms with Gasteiger partial charge in [0.25, 0.3) is 11.7 Å². The summed E-state index contributed by atoms with van der Waals surface area (Å²) in [6.07, 6.45) is 5.77. The van der Waals surface area contributed by atoms with E-state index in [0.29, 0.717) is 29.2 Å². The van der Waals surface area contributed by atoms with E-state index in [1.807, 2.05) is 49.4 Å². The minimum Gasteiger partial charge on any atom is -0.507 e. The van der Waals surface area contributed by atoms with E-state index in [1.54, 1.807) is 12.1 Å². The van der Waals surface area contributed by atoms with Crippen LogP contribution in [0.15, 0.2) is 70.9 Å². The molecule has 6 heteroatoms.